The molecule has 118 valence electrons. The lowest BCUT2D eigenvalue weighted by molar-refractivity contribution is -0.384. The van der Waals surface area contributed by atoms with Crippen molar-refractivity contribution in [2.75, 3.05) is 12.4 Å². The quantitative estimate of drug-likeness (QED) is 0.594. The van der Waals surface area contributed by atoms with E-state index in [-0.39, 0.29) is 28.2 Å². The van der Waals surface area contributed by atoms with Gasteiger partial charge in [0.2, 0.25) is 10.0 Å². The van der Waals surface area contributed by atoms with E-state index >= 15 is 0 Å². The van der Waals surface area contributed by atoms with Crippen molar-refractivity contribution in [3.05, 3.63) is 28.3 Å². The lowest BCUT2D eigenvalue weighted by Crippen LogP contribution is -2.37. The third kappa shape index (κ3) is 4.15. The Morgan fingerprint density at radius 1 is 1.33 bits per heavy atom. The number of sulfonamides is 1. The SMILES string of the molecule is CCC(C)C(C)NS(=O)(=O)c1ccc([N+](=O)[O-])cc1NC. The molecule has 2 atom stereocenters. The molecule has 8 heteroatoms. The monoisotopic (exact) mass is 315 g/mol. The molecule has 0 saturated carbocycles. The van der Waals surface area contributed by atoms with Crippen LogP contribution in [0.3, 0.4) is 0 Å². The van der Waals surface area contributed by atoms with E-state index in [0.29, 0.717) is 0 Å². The second kappa shape index (κ2) is 6.86. The van der Waals surface area contributed by atoms with Gasteiger partial charge in [-0.3, -0.25) is 10.1 Å². The molecular formula is C13H21N3O4S. The molecular weight excluding hydrogens is 294 g/mol. The molecule has 0 aliphatic rings. The summed E-state index contributed by atoms with van der Waals surface area (Å²) in [5, 5.41) is 13.4. The van der Waals surface area contributed by atoms with Crippen molar-refractivity contribution in [3.8, 4) is 0 Å². The Morgan fingerprint density at radius 2 is 1.95 bits per heavy atom. The minimum absolute atomic E-state index is 0.00533. The summed E-state index contributed by atoms with van der Waals surface area (Å²) in [5.41, 5.74) is 0.0429. The van der Waals surface area contributed by atoms with Crippen LogP contribution >= 0.6 is 0 Å². The highest BCUT2D eigenvalue weighted by Crippen LogP contribution is 2.26. The standard InChI is InChI=1S/C13H21N3O4S/c1-5-9(2)10(3)15-21(19,20)13-7-6-11(16(17)18)8-12(13)14-4/h6-10,14-15H,5H2,1-4H3. The molecule has 1 rings (SSSR count). The fraction of sp³-hybridized carbons (Fsp3) is 0.538. The van der Waals surface area contributed by atoms with Gasteiger partial charge >= 0.3 is 0 Å². The maximum Gasteiger partial charge on any atom is 0.271 e. The summed E-state index contributed by atoms with van der Waals surface area (Å²) in [4.78, 5) is 10.2. The fourth-order valence-corrected chi connectivity index (χ4v) is 3.39. The van der Waals surface area contributed by atoms with E-state index in [2.05, 4.69) is 10.0 Å². The van der Waals surface area contributed by atoms with Gasteiger partial charge in [0.15, 0.2) is 0 Å². The highest BCUT2D eigenvalue weighted by molar-refractivity contribution is 7.89. The van der Waals surface area contributed by atoms with Crippen molar-refractivity contribution >= 4 is 21.4 Å². The highest BCUT2D eigenvalue weighted by atomic mass is 32.2. The van der Waals surface area contributed by atoms with Gasteiger partial charge in [-0.1, -0.05) is 20.3 Å². The normalized spacial score (nSPS) is 14.5. The molecule has 7 nitrogen and oxygen atoms in total. The summed E-state index contributed by atoms with van der Waals surface area (Å²) in [6, 6.07) is 3.42. The molecule has 0 aliphatic heterocycles. The van der Waals surface area contributed by atoms with Gasteiger partial charge < -0.3 is 5.32 Å². The van der Waals surface area contributed by atoms with Gasteiger partial charge in [-0.15, -0.1) is 0 Å². The fourth-order valence-electron chi connectivity index (χ4n) is 1.84. The Bertz CT molecular complexity index is 616. The van der Waals surface area contributed by atoms with Crippen molar-refractivity contribution in [2.45, 2.75) is 38.1 Å². The van der Waals surface area contributed by atoms with E-state index in [4.69, 9.17) is 0 Å². The van der Waals surface area contributed by atoms with E-state index < -0.39 is 14.9 Å². The van der Waals surface area contributed by atoms with E-state index in [9.17, 15) is 18.5 Å². The Balaban J connectivity index is 3.16. The first-order chi connectivity index (χ1) is 9.72. The summed E-state index contributed by atoms with van der Waals surface area (Å²) in [5.74, 6) is 0.191. The van der Waals surface area contributed by atoms with E-state index in [1.54, 1.807) is 6.92 Å². The smallest absolute Gasteiger partial charge is 0.271 e. The number of nitro benzene ring substituents is 1. The molecule has 0 heterocycles. The van der Waals surface area contributed by atoms with Crippen LogP contribution in [0.15, 0.2) is 23.1 Å². The van der Waals surface area contributed by atoms with Crippen LogP contribution in [0.5, 0.6) is 0 Å². The first-order valence-corrected chi connectivity index (χ1v) is 8.19. The number of hydrogen-bond donors (Lipinski definition) is 2. The van der Waals surface area contributed by atoms with Crippen LogP contribution in [0.2, 0.25) is 0 Å². The van der Waals surface area contributed by atoms with Crippen LogP contribution in [0.4, 0.5) is 11.4 Å². The predicted molar refractivity (Wildman–Crippen MR) is 81.9 cm³/mol. The molecule has 0 fully saturated rings. The molecule has 1 aromatic rings. The summed E-state index contributed by atoms with van der Waals surface area (Å²) in [7, 11) is -2.21. The number of hydrogen-bond acceptors (Lipinski definition) is 5. The van der Waals surface area contributed by atoms with Gasteiger partial charge in [-0.25, -0.2) is 13.1 Å². The van der Waals surface area contributed by atoms with Gasteiger partial charge in [0.25, 0.3) is 5.69 Å². The molecule has 0 saturated heterocycles. The maximum atomic E-state index is 12.4. The van der Waals surface area contributed by atoms with Crippen molar-refractivity contribution in [1.82, 2.24) is 4.72 Å². The second-order valence-corrected chi connectivity index (χ2v) is 6.67. The Hall–Kier alpha value is -1.67. The summed E-state index contributed by atoms with van der Waals surface area (Å²) in [6.45, 7) is 5.75. The minimum Gasteiger partial charge on any atom is -0.387 e. The molecule has 0 aliphatic carbocycles. The zero-order valence-corrected chi connectivity index (χ0v) is 13.4. The average molecular weight is 315 g/mol. The molecule has 21 heavy (non-hydrogen) atoms. The lowest BCUT2D eigenvalue weighted by Gasteiger charge is -2.20. The lowest BCUT2D eigenvalue weighted by atomic mass is 10.0. The Labute approximate surface area is 124 Å². The minimum atomic E-state index is -3.73. The van der Waals surface area contributed by atoms with Gasteiger partial charge in [-0.2, -0.15) is 0 Å². The molecule has 0 aromatic heterocycles. The summed E-state index contributed by atoms with van der Waals surface area (Å²) < 4.78 is 27.4. The maximum absolute atomic E-state index is 12.4. The van der Waals surface area contributed by atoms with Crippen LogP contribution in [-0.2, 0) is 10.0 Å². The number of anilines is 1. The molecule has 0 amide bonds. The molecule has 2 N–H and O–H groups in total. The number of nitrogens with one attached hydrogen (secondary N) is 2. The number of benzene rings is 1. The van der Waals surface area contributed by atoms with Gasteiger partial charge in [0.05, 0.1) is 10.6 Å². The van der Waals surface area contributed by atoms with Gasteiger partial charge in [0, 0.05) is 25.2 Å². The first-order valence-electron chi connectivity index (χ1n) is 6.71. The molecule has 0 radical (unpaired) electrons. The van der Waals surface area contributed by atoms with Crippen LogP contribution < -0.4 is 10.0 Å². The molecule has 2 unspecified atom stereocenters. The van der Waals surface area contributed by atoms with E-state index in [1.165, 1.54) is 25.2 Å². The number of nitrogens with zero attached hydrogens (tertiary/aromatic N) is 1. The zero-order chi connectivity index (χ0) is 16.2. The van der Waals surface area contributed by atoms with Crippen LogP contribution in [0.25, 0.3) is 0 Å². The van der Waals surface area contributed by atoms with Gasteiger partial charge in [0.1, 0.15) is 4.90 Å². The Morgan fingerprint density at radius 3 is 2.43 bits per heavy atom. The largest absolute Gasteiger partial charge is 0.387 e. The summed E-state index contributed by atoms with van der Waals surface area (Å²) >= 11 is 0. The van der Waals surface area contributed by atoms with Gasteiger partial charge in [-0.05, 0) is 18.9 Å². The second-order valence-electron chi connectivity index (χ2n) is 4.98. The number of rotatable bonds is 7. The first kappa shape index (κ1) is 17.4. The van der Waals surface area contributed by atoms with E-state index in [1.807, 2.05) is 13.8 Å². The average Bonchev–Trinajstić information content (AvgIpc) is 2.44. The number of nitro groups is 1. The number of non-ortho nitro benzene ring substituents is 1. The van der Waals surface area contributed by atoms with Crippen molar-refractivity contribution in [1.29, 1.82) is 0 Å². The third-order valence-electron chi connectivity index (χ3n) is 3.57. The molecule has 0 spiro atoms. The topological polar surface area (TPSA) is 101 Å². The van der Waals surface area contributed by atoms with Crippen molar-refractivity contribution < 1.29 is 13.3 Å². The summed E-state index contributed by atoms with van der Waals surface area (Å²) in [6.07, 6.45) is 0.850. The Kier molecular flexibility index (Phi) is 5.68. The van der Waals surface area contributed by atoms with Crippen LogP contribution in [-0.4, -0.2) is 26.4 Å². The van der Waals surface area contributed by atoms with Crippen LogP contribution in [0, 0.1) is 16.0 Å². The zero-order valence-electron chi connectivity index (χ0n) is 12.6. The van der Waals surface area contributed by atoms with Crippen LogP contribution in [0.1, 0.15) is 27.2 Å². The van der Waals surface area contributed by atoms with Crippen molar-refractivity contribution in [3.63, 3.8) is 0 Å². The molecule has 0 bridgehead atoms. The van der Waals surface area contributed by atoms with E-state index in [0.717, 1.165) is 6.42 Å². The predicted octanol–water partition coefficient (Wildman–Crippen LogP) is 2.35. The highest BCUT2D eigenvalue weighted by Gasteiger charge is 2.24. The van der Waals surface area contributed by atoms with Crippen molar-refractivity contribution in [2.24, 2.45) is 5.92 Å². The third-order valence-corrected chi connectivity index (χ3v) is 5.19. The molecule has 1 aromatic carbocycles.